The molecule has 0 radical (unpaired) electrons. The Kier molecular flexibility index (Phi) is 6.63. The summed E-state index contributed by atoms with van der Waals surface area (Å²) >= 11 is 1.62. The first kappa shape index (κ1) is 25.1. The van der Waals surface area contributed by atoms with E-state index in [0.29, 0.717) is 39.6 Å². The lowest BCUT2D eigenvalue weighted by Gasteiger charge is -2.12. The second-order valence-electron chi connectivity index (χ2n) is 8.92. The van der Waals surface area contributed by atoms with Gasteiger partial charge in [0.2, 0.25) is 0 Å². The summed E-state index contributed by atoms with van der Waals surface area (Å²) in [4.78, 5) is 17.9. The van der Waals surface area contributed by atoms with E-state index < -0.39 is 5.82 Å². The largest absolute Gasteiger partial charge is 0.356 e. The van der Waals surface area contributed by atoms with Crippen LogP contribution in [0, 0.1) is 5.82 Å². The number of hydrogen-bond donors (Lipinski definition) is 3. The number of nitrogens with zero attached hydrogens (tertiary/aromatic N) is 4. The molecule has 9 heteroatoms. The molecular weight excluding hydrogens is 521 g/mol. The summed E-state index contributed by atoms with van der Waals surface area (Å²) in [6, 6.07) is 15.7. The molecule has 0 aliphatic carbocycles. The Labute approximate surface area is 233 Å². The van der Waals surface area contributed by atoms with Crippen LogP contribution in [0.2, 0.25) is 0 Å². The third-order valence-corrected chi connectivity index (χ3v) is 7.38. The second kappa shape index (κ2) is 10.5. The number of pyridine rings is 2. The average Bonchev–Trinajstić information content (AvgIpc) is 3.75. The minimum absolute atomic E-state index is 0.178. The van der Waals surface area contributed by atoms with Crippen molar-refractivity contribution in [2.75, 3.05) is 0 Å². The van der Waals surface area contributed by atoms with Gasteiger partial charge in [0.05, 0.1) is 22.6 Å². The Morgan fingerprint density at radius 3 is 2.70 bits per heavy atom. The van der Waals surface area contributed by atoms with Crippen LogP contribution in [0.4, 0.5) is 4.39 Å². The lowest BCUT2D eigenvalue weighted by molar-refractivity contribution is 0.630. The fourth-order valence-corrected chi connectivity index (χ4v) is 5.25. The zero-order chi connectivity index (χ0) is 27.6. The molecule has 0 amide bonds. The van der Waals surface area contributed by atoms with Crippen LogP contribution in [0.25, 0.3) is 55.3 Å². The van der Waals surface area contributed by atoms with Crippen molar-refractivity contribution >= 4 is 44.7 Å². The molecule has 5 aromatic heterocycles. The summed E-state index contributed by atoms with van der Waals surface area (Å²) in [5.74, 6) is -0.0956. The number of allylic oxidation sites excluding steroid dienone is 4. The predicted octanol–water partition coefficient (Wildman–Crippen LogP) is 7.50. The Morgan fingerprint density at radius 1 is 1.10 bits per heavy atom. The van der Waals surface area contributed by atoms with Gasteiger partial charge in [-0.2, -0.15) is 5.10 Å². The van der Waals surface area contributed by atoms with Crippen LogP contribution < -0.4 is 5.32 Å². The number of aromatic nitrogens is 6. The maximum Gasteiger partial charge on any atom is 0.178 e. The van der Waals surface area contributed by atoms with E-state index in [1.54, 1.807) is 42.0 Å². The van der Waals surface area contributed by atoms with Crippen molar-refractivity contribution < 1.29 is 4.39 Å². The summed E-state index contributed by atoms with van der Waals surface area (Å²) in [5.41, 5.74) is 6.13. The van der Waals surface area contributed by atoms with Crippen LogP contribution in [0.3, 0.4) is 0 Å². The van der Waals surface area contributed by atoms with E-state index in [-0.39, 0.29) is 11.1 Å². The number of aromatic amines is 2. The molecule has 3 N–H and O–H groups in total. The highest BCUT2D eigenvalue weighted by molar-refractivity contribution is 7.13. The van der Waals surface area contributed by atoms with Gasteiger partial charge in [0.25, 0.3) is 0 Å². The molecule has 6 aromatic rings. The van der Waals surface area contributed by atoms with Crippen molar-refractivity contribution in [2.24, 2.45) is 0 Å². The molecule has 0 aliphatic heterocycles. The summed E-state index contributed by atoms with van der Waals surface area (Å²) in [6.45, 7) is 9.86. The SMILES string of the molecule is C=C/C(=C\C(=C/C)c1ncc2[nH]nc(-c3nc4nccc(-c5cccs5)c4[nH]3)c2c1F)NC(=C)c1ccccc1. The fraction of sp³-hybridized carbons (Fsp3) is 0.0323. The van der Waals surface area contributed by atoms with Crippen LogP contribution >= 0.6 is 11.3 Å². The molecule has 0 atom stereocenters. The zero-order valence-electron chi connectivity index (χ0n) is 21.6. The number of imidazole rings is 1. The third-order valence-electron chi connectivity index (χ3n) is 6.48. The van der Waals surface area contributed by atoms with E-state index >= 15 is 4.39 Å². The van der Waals surface area contributed by atoms with Crippen molar-refractivity contribution in [3.8, 4) is 22.0 Å². The lowest BCUT2D eigenvalue weighted by atomic mass is 10.1. The van der Waals surface area contributed by atoms with Gasteiger partial charge in [-0.05, 0) is 42.2 Å². The molecule has 0 saturated carbocycles. The van der Waals surface area contributed by atoms with Crippen molar-refractivity contribution in [1.29, 1.82) is 0 Å². The highest BCUT2D eigenvalue weighted by Crippen LogP contribution is 2.34. The lowest BCUT2D eigenvalue weighted by Crippen LogP contribution is -2.09. The molecular formula is C31H24FN7S. The van der Waals surface area contributed by atoms with E-state index in [1.165, 1.54) is 0 Å². The third kappa shape index (κ3) is 4.52. The number of hydrogen-bond acceptors (Lipinski definition) is 6. The number of rotatable bonds is 8. The highest BCUT2D eigenvalue weighted by atomic mass is 32.1. The van der Waals surface area contributed by atoms with Crippen LogP contribution in [0.1, 0.15) is 18.2 Å². The maximum absolute atomic E-state index is 16.2. The fourth-order valence-electron chi connectivity index (χ4n) is 4.50. The standard InChI is InChI=1S/C31H24FN7S/c1-4-19(16-21(5-2)35-18(3)20-10-7-6-8-11-20)27-26(32)25-23(17-34-27)38-39-29(25)31-36-28-22(24-12-9-15-40-24)13-14-33-30(28)37-31/h4-17,35H,2-3H2,1H3,(H,38,39)(H,33,36,37)/b19-4+,21-16+. The first-order valence-corrected chi connectivity index (χ1v) is 13.4. The van der Waals surface area contributed by atoms with E-state index in [9.17, 15) is 0 Å². The number of thiophene rings is 1. The van der Waals surface area contributed by atoms with Gasteiger partial charge in [-0.1, -0.05) is 55.6 Å². The Balaban J connectivity index is 1.40. The normalized spacial score (nSPS) is 12.2. The van der Waals surface area contributed by atoms with Crippen molar-refractivity contribution in [2.45, 2.75) is 6.92 Å². The van der Waals surface area contributed by atoms with E-state index in [0.717, 1.165) is 21.5 Å². The number of benzene rings is 1. The predicted molar refractivity (Wildman–Crippen MR) is 161 cm³/mol. The smallest absolute Gasteiger partial charge is 0.178 e. The molecule has 5 heterocycles. The molecule has 0 saturated heterocycles. The van der Waals surface area contributed by atoms with Gasteiger partial charge in [-0.15, -0.1) is 11.3 Å². The van der Waals surface area contributed by atoms with Gasteiger partial charge in [-0.3, -0.25) is 10.1 Å². The topological polar surface area (TPSA) is 95.2 Å². The zero-order valence-corrected chi connectivity index (χ0v) is 22.4. The van der Waals surface area contributed by atoms with Gasteiger partial charge in [0.1, 0.15) is 11.4 Å². The van der Waals surface area contributed by atoms with Gasteiger partial charge < -0.3 is 10.3 Å². The minimum atomic E-state index is -0.511. The van der Waals surface area contributed by atoms with E-state index in [4.69, 9.17) is 0 Å². The van der Waals surface area contributed by atoms with Gasteiger partial charge in [0.15, 0.2) is 17.3 Å². The molecule has 1 aromatic carbocycles. The van der Waals surface area contributed by atoms with Crippen LogP contribution in [0.5, 0.6) is 0 Å². The molecule has 6 rings (SSSR count). The average molecular weight is 546 g/mol. The molecule has 0 bridgehead atoms. The number of fused-ring (bicyclic) bond motifs is 2. The van der Waals surface area contributed by atoms with Crippen LogP contribution in [-0.2, 0) is 0 Å². The quantitative estimate of drug-likeness (QED) is 0.172. The summed E-state index contributed by atoms with van der Waals surface area (Å²) in [7, 11) is 0. The van der Waals surface area contributed by atoms with Crippen molar-refractivity contribution in [3.05, 3.63) is 120 Å². The van der Waals surface area contributed by atoms with Gasteiger partial charge in [-0.25, -0.2) is 14.4 Å². The number of halogens is 1. The molecule has 0 unspecified atom stereocenters. The highest BCUT2D eigenvalue weighted by Gasteiger charge is 2.22. The molecule has 0 spiro atoms. The molecule has 0 fully saturated rings. The minimum Gasteiger partial charge on any atom is -0.356 e. The van der Waals surface area contributed by atoms with E-state index in [1.807, 2.05) is 60.8 Å². The van der Waals surface area contributed by atoms with E-state index in [2.05, 4.69) is 48.6 Å². The molecule has 40 heavy (non-hydrogen) atoms. The Morgan fingerprint density at radius 2 is 1.95 bits per heavy atom. The number of nitrogens with one attached hydrogen (secondary N) is 3. The maximum atomic E-state index is 16.2. The molecule has 196 valence electrons. The Hall–Kier alpha value is -5.15. The second-order valence-corrected chi connectivity index (χ2v) is 9.87. The monoisotopic (exact) mass is 545 g/mol. The first-order valence-electron chi connectivity index (χ1n) is 12.5. The van der Waals surface area contributed by atoms with Crippen LogP contribution in [-0.4, -0.2) is 30.1 Å². The van der Waals surface area contributed by atoms with Crippen LogP contribution in [0.15, 0.2) is 103 Å². The van der Waals surface area contributed by atoms with Gasteiger partial charge >= 0.3 is 0 Å². The Bertz CT molecular complexity index is 1930. The molecule has 0 aliphatic rings. The molecule has 7 nitrogen and oxygen atoms in total. The summed E-state index contributed by atoms with van der Waals surface area (Å²) in [6.07, 6.45) is 8.53. The summed E-state index contributed by atoms with van der Waals surface area (Å²) < 4.78 is 16.2. The summed E-state index contributed by atoms with van der Waals surface area (Å²) in [5, 5.41) is 12.8. The first-order chi connectivity index (χ1) is 19.6. The number of H-pyrrole nitrogens is 2. The van der Waals surface area contributed by atoms with Gasteiger partial charge in [0, 0.05) is 33.6 Å². The van der Waals surface area contributed by atoms with Crippen molar-refractivity contribution in [1.82, 2.24) is 35.5 Å². The van der Waals surface area contributed by atoms with Crippen molar-refractivity contribution in [3.63, 3.8) is 0 Å².